The minimum Gasteiger partial charge on any atom is -0.314 e. The van der Waals surface area contributed by atoms with Crippen molar-refractivity contribution in [1.29, 1.82) is 5.26 Å². The van der Waals surface area contributed by atoms with Crippen LogP contribution in [0.4, 0.5) is 10.2 Å². The van der Waals surface area contributed by atoms with Crippen molar-refractivity contribution in [3.63, 3.8) is 0 Å². The zero-order valence-corrected chi connectivity index (χ0v) is 11.4. The van der Waals surface area contributed by atoms with E-state index in [0.717, 1.165) is 11.8 Å². The quantitative estimate of drug-likeness (QED) is 0.588. The molecule has 0 atom stereocenters. The molecule has 0 unspecified atom stereocenters. The lowest BCUT2D eigenvalue weighted by Gasteiger charge is -2.07. The summed E-state index contributed by atoms with van der Waals surface area (Å²) in [6.07, 6.45) is 1.59. The van der Waals surface area contributed by atoms with Gasteiger partial charge in [-0.1, -0.05) is 4.99 Å². The average molecular weight is 299 g/mol. The maximum absolute atomic E-state index is 13.2. The number of hydrogen-bond donors (Lipinski definition) is 1. The number of hydrogen-bond acceptors (Lipinski definition) is 6. The highest BCUT2D eigenvalue weighted by Gasteiger charge is 2.06. The van der Waals surface area contributed by atoms with E-state index >= 15 is 0 Å². The number of nitrogens with one attached hydrogen (secondary N) is 1. The number of nitriles is 1. The Morgan fingerprint density at radius 3 is 3.00 bits per heavy atom. The molecule has 22 heavy (non-hydrogen) atoms. The number of halogens is 1. The second-order valence-electron chi connectivity index (χ2n) is 4.41. The molecule has 0 amide bonds. The standard InChI is InChI=1S/C14H10FN5O2/c1-9-6-14-17-5-4-13(20(14)18-9)19-22-21-11-2-3-12(15)10(7-11)8-16/h2-7,19H,1H3. The summed E-state index contributed by atoms with van der Waals surface area (Å²) in [7, 11) is 0. The van der Waals surface area contributed by atoms with E-state index in [4.69, 9.17) is 15.1 Å². The summed E-state index contributed by atoms with van der Waals surface area (Å²) in [4.78, 5) is 14.0. The molecule has 3 rings (SSSR count). The first-order valence-electron chi connectivity index (χ1n) is 6.28. The van der Waals surface area contributed by atoms with E-state index in [1.54, 1.807) is 22.8 Å². The van der Waals surface area contributed by atoms with Crippen molar-refractivity contribution in [2.45, 2.75) is 6.92 Å². The number of aromatic nitrogens is 3. The SMILES string of the molecule is Cc1cc2nccc(NOOc3ccc(F)c(C#N)c3)n2n1. The van der Waals surface area contributed by atoms with E-state index in [1.807, 2.05) is 13.0 Å². The van der Waals surface area contributed by atoms with Gasteiger partial charge in [0.2, 0.25) is 0 Å². The largest absolute Gasteiger partial charge is 0.314 e. The predicted molar refractivity (Wildman–Crippen MR) is 74.2 cm³/mol. The molecule has 0 bridgehead atoms. The third-order valence-corrected chi connectivity index (χ3v) is 2.82. The topological polar surface area (TPSA) is 84.5 Å². The Balaban J connectivity index is 1.71. The fourth-order valence-electron chi connectivity index (χ4n) is 1.84. The number of fused-ring (bicyclic) bond motifs is 1. The van der Waals surface area contributed by atoms with Crippen molar-refractivity contribution in [3.8, 4) is 11.8 Å². The van der Waals surface area contributed by atoms with E-state index in [-0.39, 0.29) is 11.3 Å². The Kier molecular flexibility index (Phi) is 3.55. The van der Waals surface area contributed by atoms with E-state index in [2.05, 4.69) is 15.6 Å². The first kappa shape index (κ1) is 13.8. The molecular weight excluding hydrogens is 289 g/mol. The first-order valence-corrected chi connectivity index (χ1v) is 6.28. The zero-order chi connectivity index (χ0) is 15.5. The number of benzene rings is 1. The van der Waals surface area contributed by atoms with Crippen LogP contribution >= 0.6 is 0 Å². The van der Waals surface area contributed by atoms with Gasteiger partial charge in [0, 0.05) is 24.4 Å². The van der Waals surface area contributed by atoms with Gasteiger partial charge in [-0.15, -0.1) is 0 Å². The number of anilines is 1. The van der Waals surface area contributed by atoms with Gasteiger partial charge in [0.15, 0.2) is 17.2 Å². The van der Waals surface area contributed by atoms with Gasteiger partial charge in [0.05, 0.1) is 11.3 Å². The van der Waals surface area contributed by atoms with Crippen molar-refractivity contribution in [1.82, 2.24) is 14.6 Å². The smallest absolute Gasteiger partial charge is 0.169 e. The normalized spacial score (nSPS) is 10.4. The Bertz CT molecular complexity index is 871. The van der Waals surface area contributed by atoms with Crippen LogP contribution in [0.25, 0.3) is 5.65 Å². The molecule has 0 saturated heterocycles. The van der Waals surface area contributed by atoms with E-state index < -0.39 is 5.82 Å². The van der Waals surface area contributed by atoms with E-state index in [0.29, 0.717) is 11.5 Å². The summed E-state index contributed by atoms with van der Waals surface area (Å²) in [6.45, 7) is 1.84. The average Bonchev–Trinajstić information content (AvgIpc) is 2.90. The van der Waals surface area contributed by atoms with Gasteiger partial charge < -0.3 is 4.89 Å². The van der Waals surface area contributed by atoms with Crippen molar-refractivity contribution < 1.29 is 14.3 Å². The van der Waals surface area contributed by atoms with Crippen molar-refractivity contribution in [2.75, 3.05) is 5.48 Å². The zero-order valence-electron chi connectivity index (χ0n) is 11.4. The molecule has 8 heteroatoms. The fraction of sp³-hybridized carbons (Fsp3) is 0.0714. The van der Waals surface area contributed by atoms with Gasteiger partial charge in [-0.3, -0.25) is 0 Å². The van der Waals surface area contributed by atoms with Crippen LogP contribution in [0, 0.1) is 24.1 Å². The highest BCUT2D eigenvalue weighted by Crippen LogP contribution is 2.17. The molecule has 1 aromatic carbocycles. The van der Waals surface area contributed by atoms with Crippen LogP contribution in [-0.4, -0.2) is 14.6 Å². The molecule has 0 radical (unpaired) electrons. The molecule has 0 aliphatic carbocycles. The van der Waals surface area contributed by atoms with Gasteiger partial charge in [-0.05, 0) is 19.1 Å². The van der Waals surface area contributed by atoms with Crippen molar-refractivity contribution in [3.05, 3.63) is 53.6 Å². The Morgan fingerprint density at radius 2 is 2.18 bits per heavy atom. The van der Waals surface area contributed by atoms with Crippen molar-refractivity contribution >= 4 is 11.5 Å². The van der Waals surface area contributed by atoms with Gasteiger partial charge in [-0.2, -0.15) is 14.9 Å². The Labute approximate surface area is 124 Å². The number of aryl methyl sites for hydroxylation is 1. The molecular formula is C14H10FN5O2. The molecule has 110 valence electrons. The summed E-state index contributed by atoms with van der Waals surface area (Å²) < 4.78 is 14.7. The first-order chi connectivity index (χ1) is 10.7. The second kappa shape index (κ2) is 5.67. The number of rotatable bonds is 4. The molecule has 2 aromatic heterocycles. The van der Waals surface area contributed by atoms with Gasteiger partial charge >= 0.3 is 0 Å². The van der Waals surface area contributed by atoms with Crippen LogP contribution in [-0.2, 0) is 4.99 Å². The summed E-state index contributed by atoms with van der Waals surface area (Å²) in [6, 6.07) is 8.88. The minimum absolute atomic E-state index is 0.130. The van der Waals surface area contributed by atoms with Crippen LogP contribution in [0.1, 0.15) is 11.3 Å². The lowest BCUT2D eigenvalue weighted by molar-refractivity contribution is -0.179. The molecule has 3 aromatic rings. The summed E-state index contributed by atoms with van der Waals surface area (Å²) in [5, 5.41) is 13.0. The van der Waals surface area contributed by atoms with E-state index in [9.17, 15) is 4.39 Å². The molecule has 0 spiro atoms. The molecule has 0 saturated carbocycles. The van der Waals surface area contributed by atoms with Crippen LogP contribution in [0.15, 0.2) is 36.5 Å². The highest BCUT2D eigenvalue weighted by molar-refractivity contribution is 5.47. The molecule has 0 fully saturated rings. The molecule has 0 aliphatic rings. The van der Waals surface area contributed by atoms with E-state index in [1.165, 1.54) is 12.1 Å². The van der Waals surface area contributed by atoms with Gasteiger partial charge in [-0.25, -0.2) is 14.9 Å². The molecule has 0 aliphatic heterocycles. The Hall–Kier alpha value is -3.18. The summed E-state index contributed by atoms with van der Waals surface area (Å²) in [5.74, 6) is 0.0683. The summed E-state index contributed by atoms with van der Waals surface area (Å²) in [5.41, 5.74) is 3.89. The molecule has 1 N–H and O–H groups in total. The maximum atomic E-state index is 13.2. The third kappa shape index (κ3) is 2.65. The van der Waals surface area contributed by atoms with Gasteiger partial charge in [0.1, 0.15) is 11.9 Å². The Morgan fingerprint density at radius 1 is 1.32 bits per heavy atom. The van der Waals surface area contributed by atoms with Gasteiger partial charge in [0.25, 0.3) is 0 Å². The lowest BCUT2D eigenvalue weighted by Crippen LogP contribution is -2.09. The second-order valence-corrected chi connectivity index (χ2v) is 4.41. The monoisotopic (exact) mass is 299 g/mol. The molecule has 7 nitrogen and oxygen atoms in total. The van der Waals surface area contributed by atoms with Crippen LogP contribution < -0.4 is 10.4 Å². The predicted octanol–water partition coefficient (Wildman–Crippen LogP) is 2.39. The van der Waals surface area contributed by atoms with Crippen LogP contribution in [0.2, 0.25) is 0 Å². The molecule has 2 heterocycles. The summed E-state index contributed by atoms with van der Waals surface area (Å²) >= 11 is 0. The van der Waals surface area contributed by atoms with Crippen molar-refractivity contribution in [2.24, 2.45) is 0 Å². The fourth-order valence-corrected chi connectivity index (χ4v) is 1.84. The number of nitrogens with zero attached hydrogens (tertiary/aromatic N) is 4. The highest BCUT2D eigenvalue weighted by atomic mass is 19.1. The third-order valence-electron chi connectivity index (χ3n) is 2.82. The lowest BCUT2D eigenvalue weighted by atomic mass is 10.2. The maximum Gasteiger partial charge on any atom is 0.169 e. The van der Waals surface area contributed by atoms with Crippen LogP contribution in [0.5, 0.6) is 5.75 Å². The van der Waals surface area contributed by atoms with Crippen LogP contribution in [0.3, 0.4) is 0 Å². The minimum atomic E-state index is -0.620.